The summed E-state index contributed by atoms with van der Waals surface area (Å²) in [4.78, 5) is 11.8. The maximum atomic E-state index is 11.8. The van der Waals surface area contributed by atoms with E-state index < -0.39 is 0 Å². The van der Waals surface area contributed by atoms with E-state index in [1.165, 1.54) is 11.3 Å². The van der Waals surface area contributed by atoms with Gasteiger partial charge in [-0.1, -0.05) is 29.5 Å². The summed E-state index contributed by atoms with van der Waals surface area (Å²) in [6.45, 7) is 1.43. The number of anilines is 1. The zero-order valence-electron chi connectivity index (χ0n) is 11.2. The van der Waals surface area contributed by atoms with Gasteiger partial charge in [-0.15, -0.1) is 10.2 Å². The van der Waals surface area contributed by atoms with Gasteiger partial charge in [0.15, 0.2) is 5.11 Å². The zero-order chi connectivity index (χ0) is 14.9. The van der Waals surface area contributed by atoms with Gasteiger partial charge in [-0.05, 0) is 30.8 Å². The van der Waals surface area contributed by atoms with Crippen LogP contribution in [0.5, 0.6) is 0 Å². The van der Waals surface area contributed by atoms with E-state index in [9.17, 15) is 4.79 Å². The quantitative estimate of drug-likeness (QED) is 0.554. The number of hydrogen-bond acceptors (Lipinski definition) is 6. The van der Waals surface area contributed by atoms with Gasteiger partial charge in [0.05, 0.1) is 0 Å². The Morgan fingerprint density at radius 2 is 2.05 bits per heavy atom. The lowest BCUT2D eigenvalue weighted by Crippen LogP contribution is -2.39. The zero-order valence-corrected chi connectivity index (χ0v) is 12.8. The predicted molar refractivity (Wildman–Crippen MR) is 87.5 cm³/mol. The largest absolute Gasteiger partial charge is 0.362 e. The second-order valence-electron chi connectivity index (χ2n) is 4.10. The molecular formula is C13H15N5OS2. The third kappa shape index (κ3) is 5.44. The van der Waals surface area contributed by atoms with Gasteiger partial charge in [0.2, 0.25) is 5.13 Å². The normalized spacial score (nSPS) is 9.90. The standard InChI is InChI=1S/C13H15N5OS2/c19-11(10-5-2-1-3-6-10)17-12(20)14-7-4-8-15-13-18-16-9-21-13/h1-3,5-6,9H,4,7-8H2,(H,15,18)(H2,14,17,19,20). The van der Waals surface area contributed by atoms with Crippen molar-refractivity contribution in [2.24, 2.45) is 0 Å². The fraction of sp³-hybridized carbons (Fsp3) is 0.231. The van der Waals surface area contributed by atoms with Gasteiger partial charge in [-0.25, -0.2) is 0 Å². The second-order valence-corrected chi connectivity index (χ2v) is 5.34. The first-order valence-electron chi connectivity index (χ1n) is 6.40. The predicted octanol–water partition coefficient (Wildman–Crippen LogP) is 1.64. The summed E-state index contributed by atoms with van der Waals surface area (Å²) < 4.78 is 0. The van der Waals surface area contributed by atoms with Crippen molar-refractivity contribution in [1.82, 2.24) is 20.8 Å². The SMILES string of the molecule is O=C(NC(=S)NCCCNc1nncs1)c1ccccc1. The van der Waals surface area contributed by atoms with E-state index in [-0.39, 0.29) is 5.91 Å². The number of hydrogen-bond donors (Lipinski definition) is 3. The van der Waals surface area contributed by atoms with Crippen LogP contribution in [0, 0.1) is 0 Å². The van der Waals surface area contributed by atoms with Gasteiger partial charge in [-0.2, -0.15) is 0 Å². The fourth-order valence-electron chi connectivity index (χ4n) is 1.54. The van der Waals surface area contributed by atoms with Crippen LogP contribution in [0.1, 0.15) is 16.8 Å². The van der Waals surface area contributed by atoms with Crippen molar-refractivity contribution in [3.63, 3.8) is 0 Å². The van der Waals surface area contributed by atoms with Crippen LogP contribution in [0.25, 0.3) is 0 Å². The lowest BCUT2D eigenvalue weighted by atomic mass is 10.2. The van der Waals surface area contributed by atoms with Crippen LogP contribution in [0.4, 0.5) is 5.13 Å². The summed E-state index contributed by atoms with van der Waals surface area (Å²) in [6.07, 6.45) is 0.848. The molecule has 110 valence electrons. The van der Waals surface area contributed by atoms with Gasteiger partial charge in [0.25, 0.3) is 5.91 Å². The second kappa shape index (κ2) is 8.28. The molecule has 1 heterocycles. The van der Waals surface area contributed by atoms with E-state index in [1.807, 2.05) is 18.2 Å². The molecule has 1 aromatic heterocycles. The van der Waals surface area contributed by atoms with Crippen molar-refractivity contribution in [2.75, 3.05) is 18.4 Å². The summed E-state index contributed by atoms with van der Waals surface area (Å²) in [6, 6.07) is 8.96. The Morgan fingerprint density at radius 3 is 2.76 bits per heavy atom. The molecule has 1 amide bonds. The van der Waals surface area contributed by atoms with Gasteiger partial charge in [0, 0.05) is 18.7 Å². The molecule has 0 atom stereocenters. The van der Waals surface area contributed by atoms with Crippen molar-refractivity contribution in [3.8, 4) is 0 Å². The first kappa shape index (κ1) is 15.3. The van der Waals surface area contributed by atoms with Crippen LogP contribution in [-0.2, 0) is 0 Å². The van der Waals surface area contributed by atoms with Crippen LogP contribution < -0.4 is 16.0 Å². The van der Waals surface area contributed by atoms with E-state index in [0.29, 0.717) is 17.2 Å². The first-order chi connectivity index (χ1) is 10.3. The number of aromatic nitrogens is 2. The molecule has 0 aliphatic carbocycles. The number of benzene rings is 1. The molecule has 0 unspecified atom stereocenters. The van der Waals surface area contributed by atoms with Crippen molar-refractivity contribution in [1.29, 1.82) is 0 Å². The minimum Gasteiger partial charge on any atom is -0.362 e. The van der Waals surface area contributed by atoms with Crippen LogP contribution in [0.3, 0.4) is 0 Å². The molecule has 1 aromatic carbocycles. The van der Waals surface area contributed by atoms with Crippen LogP contribution in [-0.4, -0.2) is 34.3 Å². The molecular weight excluding hydrogens is 306 g/mol. The van der Waals surface area contributed by atoms with E-state index in [4.69, 9.17) is 12.2 Å². The molecule has 6 nitrogen and oxygen atoms in total. The third-order valence-electron chi connectivity index (χ3n) is 2.54. The summed E-state index contributed by atoms with van der Waals surface area (Å²) in [5.41, 5.74) is 2.26. The molecule has 0 saturated heterocycles. The van der Waals surface area contributed by atoms with E-state index in [2.05, 4.69) is 26.1 Å². The Balaban J connectivity index is 1.60. The van der Waals surface area contributed by atoms with E-state index in [1.54, 1.807) is 17.6 Å². The van der Waals surface area contributed by atoms with Gasteiger partial charge >= 0.3 is 0 Å². The molecule has 0 bridgehead atoms. The Kier molecular flexibility index (Phi) is 6.04. The minimum atomic E-state index is -0.208. The molecule has 0 fully saturated rings. The molecule has 0 aliphatic rings. The van der Waals surface area contributed by atoms with Crippen molar-refractivity contribution in [2.45, 2.75) is 6.42 Å². The molecule has 8 heteroatoms. The van der Waals surface area contributed by atoms with Crippen LogP contribution in [0.15, 0.2) is 35.8 Å². The Morgan fingerprint density at radius 1 is 1.24 bits per heavy atom. The number of nitrogens with one attached hydrogen (secondary N) is 3. The lowest BCUT2D eigenvalue weighted by Gasteiger charge is -2.09. The third-order valence-corrected chi connectivity index (χ3v) is 3.43. The molecule has 21 heavy (non-hydrogen) atoms. The summed E-state index contributed by atoms with van der Waals surface area (Å²) in [7, 11) is 0. The summed E-state index contributed by atoms with van der Waals surface area (Å²) in [5.74, 6) is -0.208. The van der Waals surface area contributed by atoms with Gasteiger partial charge in [-0.3, -0.25) is 10.1 Å². The molecule has 2 rings (SSSR count). The Hall–Kier alpha value is -2.06. The number of rotatable bonds is 6. The average Bonchev–Trinajstić information content (AvgIpc) is 3.01. The van der Waals surface area contributed by atoms with E-state index >= 15 is 0 Å². The van der Waals surface area contributed by atoms with Crippen molar-refractivity contribution >= 4 is 39.7 Å². The first-order valence-corrected chi connectivity index (χ1v) is 7.69. The summed E-state index contributed by atoms with van der Waals surface area (Å²) in [5, 5.41) is 17.5. The highest BCUT2D eigenvalue weighted by molar-refractivity contribution is 7.80. The Bertz CT molecular complexity index is 574. The maximum Gasteiger partial charge on any atom is 0.257 e. The number of thiocarbonyl (C=S) groups is 1. The monoisotopic (exact) mass is 321 g/mol. The van der Waals surface area contributed by atoms with Crippen molar-refractivity contribution < 1.29 is 4.79 Å². The highest BCUT2D eigenvalue weighted by Crippen LogP contribution is 2.06. The highest BCUT2D eigenvalue weighted by atomic mass is 32.1. The maximum absolute atomic E-state index is 11.8. The molecule has 0 radical (unpaired) electrons. The van der Waals surface area contributed by atoms with Crippen LogP contribution >= 0.6 is 23.6 Å². The molecule has 3 N–H and O–H groups in total. The average molecular weight is 321 g/mol. The van der Waals surface area contributed by atoms with Gasteiger partial charge in [0.1, 0.15) is 5.51 Å². The fourth-order valence-corrected chi connectivity index (χ4v) is 2.21. The number of carbonyl (C=O) groups is 1. The number of nitrogens with zero attached hydrogens (tertiary/aromatic N) is 2. The van der Waals surface area contributed by atoms with Gasteiger partial charge < -0.3 is 10.6 Å². The molecule has 0 saturated carbocycles. The lowest BCUT2D eigenvalue weighted by molar-refractivity contribution is 0.0976. The Labute approximate surface area is 132 Å². The molecule has 2 aromatic rings. The number of amides is 1. The number of carbonyl (C=O) groups excluding carboxylic acids is 1. The topological polar surface area (TPSA) is 78.9 Å². The minimum absolute atomic E-state index is 0.208. The highest BCUT2D eigenvalue weighted by Gasteiger charge is 2.06. The summed E-state index contributed by atoms with van der Waals surface area (Å²) >= 11 is 6.53. The molecule has 0 aliphatic heterocycles. The molecule has 0 spiro atoms. The van der Waals surface area contributed by atoms with Crippen molar-refractivity contribution in [3.05, 3.63) is 41.4 Å². The van der Waals surface area contributed by atoms with E-state index in [0.717, 1.165) is 18.1 Å². The van der Waals surface area contributed by atoms with Crippen LogP contribution in [0.2, 0.25) is 0 Å². The smallest absolute Gasteiger partial charge is 0.257 e.